The molecule has 1 rings (SSSR count). The first-order valence-corrected chi connectivity index (χ1v) is 6.04. The lowest BCUT2D eigenvalue weighted by Crippen LogP contribution is -2.22. The van der Waals surface area contributed by atoms with E-state index >= 15 is 0 Å². The van der Waals surface area contributed by atoms with Gasteiger partial charge in [0.05, 0.1) is 11.0 Å². The van der Waals surface area contributed by atoms with Gasteiger partial charge in [-0.15, -0.1) is 0 Å². The van der Waals surface area contributed by atoms with E-state index in [4.69, 9.17) is 5.84 Å². The number of aliphatic hydroxyl groups excluding tert-OH is 1. The fourth-order valence-electron chi connectivity index (χ4n) is 1.75. The van der Waals surface area contributed by atoms with Crippen LogP contribution in [0.3, 0.4) is 0 Å². The summed E-state index contributed by atoms with van der Waals surface area (Å²) in [5.74, 6) is 5.29. The third-order valence-electron chi connectivity index (χ3n) is 2.79. The summed E-state index contributed by atoms with van der Waals surface area (Å²) < 4.78 is 0. The average Bonchev–Trinajstić information content (AvgIpc) is 2.35. The minimum atomic E-state index is -0.476. The molecule has 0 amide bonds. The van der Waals surface area contributed by atoms with Gasteiger partial charge in [0.2, 0.25) is 0 Å². The van der Waals surface area contributed by atoms with Crippen LogP contribution >= 0.6 is 0 Å². The molecule has 0 saturated heterocycles. The molecule has 0 spiro atoms. The maximum absolute atomic E-state index is 10.8. The van der Waals surface area contributed by atoms with E-state index in [1.165, 1.54) is 6.07 Å². The molecule has 0 heterocycles. The molecule has 1 aromatic carbocycles. The van der Waals surface area contributed by atoms with E-state index < -0.39 is 4.92 Å². The number of nitrogen functional groups attached to an aromatic ring is 1. The minimum absolute atomic E-state index is 0.0436. The van der Waals surface area contributed by atoms with Crippen molar-refractivity contribution in [2.24, 2.45) is 5.84 Å². The lowest BCUT2D eigenvalue weighted by atomic mass is 10.1. The highest BCUT2D eigenvalue weighted by Gasteiger charge is 2.13. The van der Waals surface area contributed by atoms with Gasteiger partial charge in [0, 0.05) is 19.2 Å². The quantitative estimate of drug-likeness (QED) is 0.388. The Labute approximate surface area is 112 Å². The molecule has 7 heteroatoms. The van der Waals surface area contributed by atoms with Gasteiger partial charge in [-0.1, -0.05) is 6.07 Å². The smallest absolute Gasteiger partial charge is 0.293 e. The highest BCUT2D eigenvalue weighted by atomic mass is 16.6. The number of nitrogens with zero attached hydrogens (tertiary/aromatic N) is 2. The van der Waals surface area contributed by atoms with Crippen molar-refractivity contribution in [1.82, 2.24) is 4.90 Å². The molecule has 1 atom stereocenters. The number of hydrogen-bond donors (Lipinski definition) is 3. The molecule has 0 aliphatic carbocycles. The lowest BCUT2D eigenvalue weighted by molar-refractivity contribution is -0.384. The zero-order valence-corrected chi connectivity index (χ0v) is 11.2. The second kappa shape index (κ2) is 7.03. The summed E-state index contributed by atoms with van der Waals surface area (Å²) >= 11 is 0. The Morgan fingerprint density at radius 3 is 2.79 bits per heavy atom. The predicted molar refractivity (Wildman–Crippen MR) is 73.5 cm³/mol. The van der Waals surface area contributed by atoms with E-state index in [1.54, 1.807) is 19.1 Å². The van der Waals surface area contributed by atoms with Crippen molar-refractivity contribution < 1.29 is 10.0 Å². The topological polar surface area (TPSA) is 105 Å². The largest absolute Gasteiger partial charge is 0.393 e. The van der Waals surface area contributed by atoms with Gasteiger partial charge < -0.3 is 15.4 Å². The molecule has 0 aromatic heterocycles. The second-order valence-electron chi connectivity index (χ2n) is 4.63. The Bertz CT molecular complexity index is 437. The molecular formula is C12H20N4O3. The van der Waals surface area contributed by atoms with Crippen LogP contribution in [0.15, 0.2) is 18.2 Å². The molecule has 0 saturated carbocycles. The molecule has 7 nitrogen and oxygen atoms in total. The number of benzene rings is 1. The first-order valence-electron chi connectivity index (χ1n) is 6.04. The van der Waals surface area contributed by atoms with Crippen molar-refractivity contribution in [2.45, 2.75) is 26.0 Å². The standard InChI is InChI=1S/C12H20N4O3/c1-9(17)5-6-15(2)8-10-3-4-12(16(18)19)11(7-10)14-13/h3-4,7,9,14,17H,5-6,8,13H2,1-2H3. The number of aliphatic hydroxyl groups is 1. The van der Waals surface area contributed by atoms with Crippen LogP contribution < -0.4 is 11.3 Å². The molecule has 0 aliphatic rings. The van der Waals surface area contributed by atoms with Gasteiger partial charge in [0.1, 0.15) is 5.69 Å². The van der Waals surface area contributed by atoms with Gasteiger partial charge in [-0.2, -0.15) is 0 Å². The van der Waals surface area contributed by atoms with Crippen molar-refractivity contribution in [2.75, 3.05) is 19.0 Å². The van der Waals surface area contributed by atoms with Crippen LogP contribution in [0, 0.1) is 10.1 Å². The van der Waals surface area contributed by atoms with Crippen molar-refractivity contribution in [3.63, 3.8) is 0 Å². The molecule has 0 radical (unpaired) electrons. The number of nitro benzene ring substituents is 1. The van der Waals surface area contributed by atoms with Gasteiger partial charge in [-0.05, 0) is 32.0 Å². The number of anilines is 1. The summed E-state index contributed by atoms with van der Waals surface area (Å²) in [5, 5.41) is 20.0. The van der Waals surface area contributed by atoms with Crippen LogP contribution in [0.5, 0.6) is 0 Å². The molecule has 0 aliphatic heterocycles. The Balaban J connectivity index is 2.71. The molecule has 0 fully saturated rings. The zero-order valence-electron chi connectivity index (χ0n) is 11.2. The maximum Gasteiger partial charge on any atom is 0.293 e. The summed E-state index contributed by atoms with van der Waals surface area (Å²) in [6.45, 7) is 3.13. The Morgan fingerprint density at radius 1 is 1.58 bits per heavy atom. The van der Waals surface area contributed by atoms with E-state index in [0.717, 1.165) is 12.1 Å². The number of nitrogens with two attached hydrogens (primary N) is 1. The normalized spacial score (nSPS) is 12.5. The van der Waals surface area contributed by atoms with Crippen LogP contribution in [0.25, 0.3) is 0 Å². The Kier molecular flexibility index (Phi) is 5.68. The fraction of sp³-hybridized carbons (Fsp3) is 0.500. The van der Waals surface area contributed by atoms with E-state index in [9.17, 15) is 15.2 Å². The second-order valence-corrected chi connectivity index (χ2v) is 4.63. The predicted octanol–water partition coefficient (Wildman–Crippen LogP) is 1.08. The van der Waals surface area contributed by atoms with Gasteiger partial charge >= 0.3 is 0 Å². The molecule has 106 valence electrons. The lowest BCUT2D eigenvalue weighted by Gasteiger charge is -2.18. The van der Waals surface area contributed by atoms with E-state index in [2.05, 4.69) is 5.43 Å². The summed E-state index contributed by atoms with van der Waals surface area (Å²) in [4.78, 5) is 12.3. The van der Waals surface area contributed by atoms with Gasteiger partial charge in [-0.3, -0.25) is 16.0 Å². The van der Waals surface area contributed by atoms with Crippen LogP contribution in [0.2, 0.25) is 0 Å². The van der Waals surface area contributed by atoms with Gasteiger partial charge in [-0.25, -0.2) is 0 Å². The molecular weight excluding hydrogens is 248 g/mol. The zero-order chi connectivity index (χ0) is 14.4. The molecule has 0 bridgehead atoms. The molecule has 1 aromatic rings. The van der Waals surface area contributed by atoms with Crippen LogP contribution in [0.4, 0.5) is 11.4 Å². The van der Waals surface area contributed by atoms with Crippen molar-refractivity contribution in [3.8, 4) is 0 Å². The highest BCUT2D eigenvalue weighted by Crippen LogP contribution is 2.24. The third kappa shape index (κ3) is 4.82. The summed E-state index contributed by atoms with van der Waals surface area (Å²) in [5.41, 5.74) is 3.52. The van der Waals surface area contributed by atoms with Crippen molar-refractivity contribution in [1.29, 1.82) is 0 Å². The summed E-state index contributed by atoms with van der Waals surface area (Å²) in [6, 6.07) is 4.81. The van der Waals surface area contributed by atoms with Gasteiger partial charge in [0.15, 0.2) is 0 Å². The average molecular weight is 268 g/mol. The first-order chi connectivity index (χ1) is 8.93. The number of nitrogens with one attached hydrogen (secondary N) is 1. The number of hydrazine groups is 1. The number of nitro groups is 1. The summed E-state index contributed by atoms with van der Waals surface area (Å²) in [6.07, 6.45) is 0.353. The number of hydrogen-bond acceptors (Lipinski definition) is 6. The van der Waals surface area contributed by atoms with E-state index in [0.29, 0.717) is 18.7 Å². The highest BCUT2D eigenvalue weighted by molar-refractivity contribution is 5.62. The maximum atomic E-state index is 10.8. The van der Waals surface area contributed by atoms with Crippen molar-refractivity contribution in [3.05, 3.63) is 33.9 Å². The minimum Gasteiger partial charge on any atom is -0.393 e. The number of rotatable bonds is 7. The molecule has 19 heavy (non-hydrogen) atoms. The Hall–Kier alpha value is -1.70. The van der Waals surface area contributed by atoms with E-state index in [1.807, 2.05) is 11.9 Å². The molecule has 1 unspecified atom stereocenters. The summed E-state index contributed by atoms with van der Waals surface area (Å²) in [7, 11) is 1.93. The van der Waals surface area contributed by atoms with E-state index in [-0.39, 0.29) is 11.8 Å². The first kappa shape index (κ1) is 15.4. The van der Waals surface area contributed by atoms with Gasteiger partial charge in [0.25, 0.3) is 5.69 Å². The SMILES string of the molecule is CC(O)CCN(C)Cc1ccc([N+](=O)[O-])c(NN)c1. The fourth-order valence-corrected chi connectivity index (χ4v) is 1.75. The monoisotopic (exact) mass is 268 g/mol. The Morgan fingerprint density at radius 2 is 2.26 bits per heavy atom. The van der Waals surface area contributed by atoms with Crippen molar-refractivity contribution >= 4 is 11.4 Å². The van der Waals surface area contributed by atoms with Crippen LogP contribution in [-0.4, -0.2) is 34.6 Å². The van der Waals surface area contributed by atoms with Crippen LogP contribution in [0.1, 0.15) is 18.9 Å². The molecule has 4 N–H and O–H groups in total. The van der Waals surface area contributed by atoms with Crippen LogP contribution in [-0.2, 0) is 6.54 Å². The third-order valence-corrected chi connectivity index (χ3v) is 2.79.